The van der Waals surface area contributed by atoms with E-state index in [2.05, 4.69) is 0 Å². The molecule has 0 spiro atoms. The largest absolute Gasteiger partial charge is 0.507 e. The van der Waals surface area contributed by atoms with Crippen LogP contribution in [-0.4, -0.2) is 57.9 Å². The lowest BCUT2D eigenvalue weighted by atomic mass is 9.94. The van der Waals surface area contributed by atoms with Crippen LogP contribution in [0.5, 0.6) is 17.2 Å². The highest BCUT2D eigenvalue weighted by Crippen LogP contribution is 2.45. The van der Waals surface area contributed by atoms with Crippen LogP contribution in [-0.2, 0) is 9.59 Å². The number of likely N-dealkylation sites (N-methyl/N-ethyl adjacent to an activating group) is 1. The van der Waals surface area contributed by atoms with E-state index in [0.717, 1.165) is 11.4 Å². The van der Waals surface area contributed by atoms with E-state index < -0.39 is 17.7 Å². The van der Waals surface area contributed by atoms with E-state index in [-0.39, 0.29) is 18.1 Å². The predicted molar refractivity (Wildman–Crippen MR) is 143 cm³/mol. The van der Waals surface area contributed by atoms with Crippen LogP contribution < -0.4 is 28.9 Å². The van der Waals surface area contributed by atoms with Crippen molar-refractivity contribution in [1.82, 2.24) is 0 Å². The van der Waals surface area contributed by atoms with Gasteiger partial charge in [0, 0.05) is 44.1 Å². The number of carbonyl (C=O) groups excluding carboxylic acids is 2. The van der Waals surface area contributed by atoms with Crippen LogP contribution in [0.4, 0.5) is 17.1 Å². The Balaban J connectivity index is 1.51. The fourth-order valence-corrected chi connectivity index (χ4v) is 5.06. The average molecular weight is 514 g/mol. The summed E-state index contributed by atoms with van der Waals surface area (Å²) >= 11 is 0. The highest BCUT2D eigenvalue weighted by molar-refractivity contribution is 6.51. The molecular formula is C29H27N3O6. The first-order valence-electron chi connectivity index (χ1n) is 12.3. The van der Waals surface area contributed by atoms with E-state index >= 15 is 0 Å². The van der Waals surface area contributed by atoms with Crippen LogP contribution in [0.3, 0.4) is 0 Å². The van der Waals surface area contributed by atoms with Crippen molar-refractivity contribution in [2.75, 3.05) is 55.8 Å². The van der Waals surface area contributed by atoms with Gasteiger partial charge in [-0.05, 0) is 48.0 Å². The van der Waals surface area contributed by atoms with Gasteiger partial charge in [0.2, 0.25) is 6.79 Å². The van der Waals surface area contributed by atoms with Crippen molar-refractivity contribution in [3.8, 4) is 17.2 Å². The number of aliphatic hydroxyl groups excluding tert-OH is 1. The highest BCUT2D eigenvalue weighted by Gasteiger charge is 2.47. The third kappa shape index (κ3) is 3.78. The zero-order valence-corrected chi connectivity index (χ0v) is 21.3. The average Bonchev–Trinajstić information content (AvgIpc) is 3.50. The minimum atomic E-state index is -0.850. The molecule has 1 unspecified atom stereocenters. The Morgan fingerprint density at radius 2 is 1.66 bits per heavy atom. The van der Waals surface area contributed by atoms with Gasteiger partial charge in [0.1, 0.15) is 18.1 Å². The summed E-state index contributed by atoms with van der Waals surface area (Å²) in [4.78, 5) is 32.5. The van der Waals surface area contributed by atoms with E-state index in [0.29, 0.717) is 47.2 Å². The molecule has 0 aliphatic carbocycles. The van der Waals surface area contributed by atoms with Gasteiger partial charge >= 0.3 is 0 Å². The summed E-state index contributed by atoms with van der Waals surface area (Å²) in [6.45, 7) is 1.35. The standard InChI is InChI=1S/C29H27N3O6/c1-30(2)19-7-4-17(5-8-19)26-25(27(33)18-6-10-22-21(14-18)31(3)12-13-36-22)28(34)29(35)32(26)20-9-11-23-24(15-20)38-16-37-23/h4-11,14-15,26,33H,12-13,16H2,1-3H3/b27-25-. The number of amides is 1. The molecule has 9 heteroatoms. The smallest absolute Gasteiger partial charge is 0.300 e. The van der Waals surface area contributed by atoms with E-state index in [4.69, 9.17) is 14.2 Å². The number of nitrogens with zero attached hydrogens (tertiary/aromatic N) is 3. The molecule has 38 heavy (non-hydrogen) atoms. The van der Waals surface area contributed by atoms with Gasteiger partial charge in [0.15, 0.2) is 11.5 Å². The zero-order valence-electron chi connectivity index (χ0n) is 21.3. The molecule has 3 aromatic carbocycles. The molecule has 1 saturated heterocycles. The molecule has 1 N–H and O–H groups in total. The number of aliphatic hydroxyl groups is 1. The molecular weight excluding hydrogens is 486 g/mol. The number of ketones is 1. The molecule has 0 saturated carbocycles. The van der Waals surface area contributed by atoms with E-state index in [1.807, 2.05) is 55.2 Å². The third-order valence-electron chi connectivity index (χ3n) is 7.13. The zero-order chi connectivity index (χ0) is 26.6. The minimum Gasteiger partial charge on any atom is -0.507 e. The summed E-state index contributed by atoms with van der Waals surface area (Å²) in [5, 5.41) is 11.6. The molecule has 3 aromatic rings. The Kier molecular flexibility index (Phi) is 5.63. The summed E-state index contributed by atoms with van der Waals surface area (Å²) in [7, 11) is 5.81. The van der Waals surface area contributed by atoms with Gasteiger partial charge < -0.3 is 29.1 Å². The summed E-state index contributed by atoms with van der Waals surface area (Å²) in [6, 6.07) is 17.1. The van der Waals surface area contributed by atoms with Crippen molar-refractivity contribution in [2.45, 2.75) is 6.04 Å². The number of hydrogen-bond donors (Lipinski definition) is 1. The number of carbonyl (C=O) groups is 2. The Hall–Kier alpha value is -4.66. The Morgan fingerprint density at radius 1 is 0.921 bits per heavy atom. The molecule has 9 nitrogen and oxygen atoms in total. The Bertz CT molecular complexity index is 1480. The van der Waals surface area contributed by atoms with Crippen molar-refractivity contribution >= 4 is 34.5 Å². The van der Waals surface area contributed by atoms with Crippen molar-refractivity contribution in [2.24, 2.45) is 0 Å². The molecule has 6 rings (SSSR count). The van der Waals surface area contributed by atoms with Gasteiger partial charge in [-0.3, -0.25) is 14.5 Å². The molecule has 1 fully saturated rings. The van der Waals surface area contributed by atoms with Crippen LogP contribution >= 0.6 is 0 Å². The number of rotatable bonds is 4. The quantitative estimate of drug-likeness (QED) is 0.319. The van der Waals surface area contributed by atoms with Gasteiger partial charge in [-0.2, -0.15) is 0 Å². The van der Waals surface area contributed by atoms with Crippen molar-refractivity contribution in [1.29, 1.82) is 0 Å². The fraction of sp³-hybridized carbons (Fsp3) is 0.241. The topological polar surface area (TPSA) is 91.8 Å². The van der Waals surface area contributed by atoms with E-state index in [1.165, 1.54) is 4.90 Å². The summed E-state index contributed by atoms with van der Waals surface area (Å²) in [6.07, 6.45) is 0. The van der Waals surface area contributed by atoms with Crippen LogP contribution in [0.15, 0.2) is 66.2 Å². The highest BCUT2D eigenvalue weighted by atomic mass is 16.7. The normalized spacial score (nSPS) is 19.4. The van der Waals surface area contributed by atoms with Crippen LogP contribution in [0.25, 0.3) is 5.76 Å². The summed E-state index contributed by atoms with van der Waals surface area (Å²) < 4.78 is 16.7. The molecule has 0 bridgehead atoms. The number of benzene rings is 3. The molecule has 3 aliphatic heterocycles. The molecule has 3 heterocycles. The molecule has 194 valence electrons. The maximum Gasteiger partial charge on any atom is 0.300 e. The second kappa shape index (κ2) is 9.02. The molecule has 0 radical (unpaired) electrons. The lowest BCUT2D eigenvalue weighted by Gasteiger charge is -2.28. The lowest BCUT2D eigenvalue weighted by molar-refractivity contribution is -0.132. The van der Waals surface area contributed by atoms with Gasteiger partial charge in [-0.15, -0.1) is 0 Å². The van der Waals surface area contributed by atoms with Crippen LogP contribution in [0.1, 0.15) is 17.2 Å². The maximum atomic E-state index is 13.5. The first-order valence-corrected chi connectivity index (χ1v) is 12.3. The Morgan fingerprint density at radius 3 is 2.42 bits per heavy atom. The van der Waals surface area contributed by atoms with Crippen LogP contribution in [0.2, 0.25) is 0 Å². The van der Waals surface area contributed by atoms with Crippen molar-refractivity contribution in [3.63, 3.8) is 0 Å². The maximum absolute atomic E-state index is 13.5. The summed E-state index contributed by atoms with van der Waals surface area (Å²) in [5.41, 5.74) is 3.37. The van der Waals surface area contributed by atoms with Crippen molar-refractivity contribution in [3.05, 3.63) is 77.4 Å². The summed E-state index contributed by atoms with van der Waals surface area (Å²) in [5.74, 6) is 0.0260. The monoisotopic (exact) mass is 513 g/mol. The minimum absolute atomic E-state index is 0.0181. The number of hydrogen-bond acceptors (Lipinski definition) is 8. The van der Waals surface area contributed by atoms with Crippen molar-refractivity contribution < 1.29 is 28.9 Å². The number of Topliss-reactive ketones (excluding diaryl/α,β-unsaturated/α-hetero) is 1. The number of anilines is 3. The second-order valence-corrected chi connectivity index (χ2v) is 9.65. The van der Waals surface area contributed by atoms with Gasteiger partial charge in [-0.25, -0.2) is 0 Å². The van der Waals surface area contributed by atoms with E-state index in [9.17, 15) is 14.7 Å². The first-order chi connectivity index (χ1) is 18.3. The predicted octanol–water partition coefficient (Wildman–Crippen LogP) is 3.94. The number of fused-ring (bicyclic) bond motifs is 2. The van der Waals surface area contributed by atoms with Gasteiger partial charge in [-0.1, -0.05) is 12.1 Å². The van der Waals surface area contributed by atoms with Crippen LogP contribution in [0, 0.1) is 0 Å². The third-order valence-corrected chi connectivity index (χ3v) is 7.13. The van der Waals surface area contributed by atoms with Gasteiger partial charge in [0.25, 0.3) is 11.7 Å². The molecule has 0 aromatic heterocycles. The molecule has 1 amide bonds. The fourth-order valence-electron chi connectivity index (χ4n) is 5.06. The van der Waals surface area contributed by atoms with Gasteiger partial charge in [0.05, 0.1) is 23.8 Å². The SMILES string of the molecule is CN(C)c1ccc(C2/C(=C(/O)c3ccc4c(c3)N(C)CCO4)C(=O)C(=O)N2c2ccc3c(c2)OCO3)cc1. The lowest BCUT2D eigenvalue weighted by Crippen LogP contribution is -2.29. The molecule has 1 atom stereocenters. The Labute approximate surface area is 220 Å². The number of ether oxygens (including phenoxy) is 3. The van der Waals surface area contributed by atoms with E-state index in [1.54, 1.807) is 36.4 Å². The first kappa shape index (κ1) is 23.7. The molecule has 3 aliphatic rings. The second-order valence-electron chi connectivity index (χ2n) is 9.65.